The first kappa shape index (κ1) is 18.6. The minimum atomic E-state index is 0.183. The van der Waals surface area contributed by atoms with Gasteiger partial charge in [0.1, 0.15) is 0 Å². The summed E-state index contributed by atoms with van der Waals surface area (Å²) in [6.45, 7) is 3.53. The van der Waals surface area contributed by atoms with Crippen molar-refractivity contribution in [1.29, 1.82) is 0 Å². The third-order valence-electron chi connectivity index (χ3n) is 5.99. The molecule has 6 heteroatoms. The van der Waals surface area contributed by atoms with Crippen molar-refractivity contribution in [2.24, 2.45) is 7.05 Å². The fourth-order valence-corrected chi connectivity index (χ4v) is 4.42. The zero-order chi connectivity index (χ0) is 20.7. The predicted octanol–water partition coefficient (Wildman–Crippen LogP) is 3.83. The van der Waals surface area contributed by atoms with E-state index in [2.05, 4.69) is 28.3 Å². The average molecular weight is 399 g/mol. The smallest absolute Gasteiger partial charge is 0.227 e. The highest BCUT2D eigenvalue weighted by Gasteiger charge is 2.29. The van der Waals surface area contributed by atoms with E-state index >= 15 is 0 Å². The lowest BCUT2D eigenvalue weighted by molar-refractivity contribution is -0.129. The minimum absolute atomic E-state index is 0.183. The molecule has 0 aliphatic carbocycles. The van der Waals surface area contributed by atoms with E-state index in [1.165, 1.54) is 0 Å². The fraction of sp³-hybridized carbons (Fsp3) is 0.292. The molecule has 4 heterocycles. The molecule has 1 aliphatic rings. The Hall–Kier alpha value is -3.41. The number of nitrogens with one attached hydrogen (secondary N) is 1. The van der Waals surface area contributed by atoms with Crippen LogP contribution in [0.25, 0.3) is 22.0 Å². The lowest BCUT2D eigenvalue weighted by atomic mass is 10.00. The van der Waals surface area contributed by atoms with Gasteiger partial charge in [-0.15, -0.1) is 0 Å². The molecule has 1 atom stereocenters. The van der Waals surface area contributed by atoms with Crippen LogP contribution in [0.3, 0.4) is 0 Å². The van der Waals surface area contributed by atoms with Crippen LogP contribution >= 0.6 is 0 Å². The van der Waals surface area contributed by atoms with E-state index in [1.54, 1.807) is 0 Å². The van der Waals surface area contributed by atoms with Crippen molar-refractivity contribution in [3.63, 3.8) is 0 Å². The largest absolute Gasteiger partial charge is 0.361 e. The second kappa shape index (κ2) is 7.44. The summed E-state index contributed by atoms with van der Waals surface area (Å²) in [7, 11) is 1.92. The Bertz CT molecular complexity index is 1220. The third kappa shape index (κ3) is 3.49. The molecule has 0 bridgehead atoms. The van der Waals surface area contributed by atoms with Crippen LogP contribution in [0.15, 0.2) is 55.0 Å². The number of para-hydroxylation sites is 1. The first-order chi connectivity index (χ1) is 14.6. The number of hydrogen-bond donors (Lipinski definition) is 1. The maximum absolute atomic E-state index is 13.0. The van der Waals surface area contributed by atoms with E-state index in [0.717, 1.165) is 58.5 Å². The predicted molar refractivity (Wildman–Crippen MR) is 117 cm³/mol. The van der Waals surface area contributed by atoms with Crippen LogP contribution in [0.2, 0.25) is 0 Å². The van der Waals surface area contributed by atoms with E-state index in [-0.39, 0.29) is 11.8 Å². The number of fused-ring (bicyclic) bond motifs is 1. The van der Waals surface area contributed by atoms with Gasteiger partial charge in [0.25, 0.3) is 0 Å². The van der Waals surface area contributed by atoms with Crippen LogP contribution in [-0.4, -0.2) is 43.6 Å². The molecule has 30 heavy (non-hydrogen) atoms. The van der Waals surface area contributed by atoms with Crippen LogP contribution in [0.4, 0.5) is 0 Å². The molecule has 1 fully saturated rings. The maximum atomic E-state index is 13.0. The van der Waals surface area contributed by atoms with Crippen molar-refractivity contribution in [2.45, 2.75) is 25.7 Å². The van der Waals surface area contributed by atoms with Crippen molar-refractivity contribution < 1.29 is 4.79 Å². The molecular formula is C24H25N5O. The van der Waals surface area contributed by atoms with Gasteiger partial charge in [-0.3, -0.25) is 14.5 Å². The number of hydrogen-bond acceptors (Lipinski definition) is 3. The molecule has 1 aliphatic heterocycles. The van der Waals surface area contributed by atoms with Crippen molar-refractivity contribution >= 4 is 16.8 Å². The topological polar surface area (TPSA) is 66.8 Å². The Labute approximate surface area is 175 Å². The number of aryl methyl sites for hydroxylation is 2. The van der Waals surface area contributed by atoms with E-state index in [4.69, 9.17) is 4.98 Å². The molecule has 1 N–H and O–H groups in total. The van der Waals surface area contributed by atoms with Gasteiger partial charge >= 0.3 is 0 Å². The highest BCUT2D eigenvalue weighted by atomic mass is 16.2. The highest BCUT2D eigenvalue weighted by molar-refractivity contribution is 5.89. The number of likely N-dealkylation sites (tertiary alicyclic amines) is 1. The second-order valence-electron chi connectivity index (χ2n) is 8.19. The summed E-state index contributed by atoms with van der Waals surface area (Å²) in [5.74, 6) is 0.453. The summed E-state index contributed by atoms with van der Waals surface area (Å²) < 4.78 is 1.81. The quantitative estimate of drug-likeness (QED) is 0.567. The Balaban J connectivity index is 1.32. The van der Waals surface area contributed by atoms with Gasteiger partial charge < -0.3 is 9.88 Å². The Morgan fingerprint density at radius 3 is 2.93 bits per heavy atom. The molecule has 152 valence electrons. The molecule has 1 saturated heterocycles. The zero-order valence-corrected chi connectivity index (χ0v) is 17.3. The Kier molecular flexibility index (Phi) is 4.62. The molecule has 0 radical (unpaired) electrons. The molecule has 3 aromatic heterocycles. The zero-order valence-electron chi connectivity index (χ0n) is 17.3. The Morgan fingerprint density at radius 1 is 1.23 bits per heavy atom. The van der Waals surface area contributed by atoms with Crippen molar-refractivity contribution in [2.75, 3.05) is 13.1 Å². The number of rotatable bonds is 4. The molecular weight excluding hydrogens is 374 g/mol. The van der Waals surface area contributed by atoms with Gasteiger partial charge in [0.2, 0.25) is 5.91 Å². The van der Waals surface area contributed by atoms with Gasteiger partial charge in [0.15, 0.2) is 0 Å². The van der Waals surface area contributed by atoms with Crippen LogP contribution < -0.4 is 0 Å². The normalized spacial score (nSPS) is 16.5. The number of nitrogens with zero attached hydrogens (tertiary/aromatic N) is 4. The minimum Gasteiger partial charge on any atom is -0.361 e. The molecule has 5 rings (SSSR count). The number of amides is 1. The summed E-state index contributed by atoms with van der Waals surface area (Å²) in [5.41, 5.74) is 6.42. The lowest BCUT2D eigenvalue weighted by Gasteiger charge is -2.17. The summed E-state index contributed by atoms with van der Waals surface area (Å²) in [6.07, 6.45) is 7.23. The molecule has 1 amide bonds. The molecule has 4 aromatic rings. The lowest BCUT2D eigenvalue weighted by Crippen LogP contribution is -2.29. The van der Waals surface area contributed by atoms with Crippen LogP contribution in [0.5, 0.6) is 0 Å². The Morgan fingerprint density at radius 2 is 2.10 bits per heavy atom. The number of carbonyl (C=O) groups is 1. The first-order valence-electron chi connectivity index (χ1n) is 10.4. The van der Waals surface area contributed by atoms with Gasteiger partial charge in [0.05, 0.1) is 12.6 Å². The first-order valence-corrected chi connectivity index (χ1v) is 10.4. The molecule has 6 nitrogen and oxygen atoms in total. The number of aromatic nitrogens is 4. The number of benzene rings is 1. The molecule has 1 aromatic carbocycles. The number of pyridine rings is 1. The van der Waals surface area contributed by atoms with Gasteiger partial charge in [-0.05, 0) is 42.7 Å². The summed E-state index contributed by atoms with van der Waals surface area (Å²) >= 11 is 0. The second-order valence-corrected chi connectivity index (χ2v) is 8.19. The molecule has 1 unspecified atom stereocenters. The van der Waals surface area contributed by atoms with E-state index in [0.29, 0.717) is 6.42 Å². The van der Waals surface area contributed by atoms with E-state index in [9.17, 15) is 4.79 Å². The van der Waals surface area contributed by atoms with E-state index < -0.39 is 0 Å². The summed E-state index contributed by atoms with van der Waals surface area (Å²) in [4.78, 5) is 23.0. The number of aromatic amines is 1. The van der Waals surface area contributed by atoms with Gasteiger partial charge in [-0.1, -0.05) is 18.2 Å². The summed E-state index contributed by atoms with van der Waals surface area (Å²) in [6, 6.07) is 12.4. The monoisotopic (exact) mass is 399 g/mol. The summed E-state index contributed by atoms with van der Waals surface area (Å²) in [5, 5.41) is 5.41. The standard InChI is InChI=1S/C24H25N5O/c1-16-9-18(20-13-26-28(2)14-20)10-23(27-16)17-7-8-29(15-17)24(30)11-19-12-25-22-6-4-3-5-21(19)22/h3-6,9-10,12-14,17,25H,7-8,11,15H2,1-2H3. The van der Waals surface area contributed by atoms with Crippen molar-refractivity contribution in [3.8, 4) is 11.1 Å². The highest BCUT2D eigenvalue weighted by Crippen LogP contribution is 2.30. The van der Waals surface area contributed by atoms with Gasteiger partial charge in [-0.2, -0.15) is 5.10 Å². The van der Waals surface area contributed by atoms with Crippen LogP contribution in [0.1, 0.15) is 29.3 Å². The SMILES string of the molecule is Cc1cc(-c2cnn(C)c2)cc(C2CCN(C(=O)Cc3c[nH]c4ccccc34)C2)n1. The van der Waals surface area contributed by atoms with E-state index in [1.807, 2.05) is 60.3 Å². The van der Waals surface area contributed by atoms with Crippen LogP contribution in [-0.2, 0) is 18.3 Å². The fourth-order valence-electron chi connectivity index (χ4n) is 4.42. The number of H-pyrrole nitrogens is 1. The van der Waals surface area contributed by atoms with Gasteiger partial charge in [0, 0.05) is 66.3 Å². The molecule has 0 saturated carbocycles. The maximum Gasteiger partial charge on any atom is 0.227 e. The third-order valence-corrected chi connectivity index (χ3v) is 5.99. The van der Waals surface area contributed by atoms with Gasteiger partial charge in [-0.25, -0.2) is 0 Å². The average Bonchev–Trinajstić information content (AvgIpc) is 3.48. The van der Waals surface area contributed by atoms with Crippen molar-refractivity contribution in [1.82, 2.24) is 24.6 Å². The van der Waals surface area contributed by atoms with Crippen molar-refractivity contribution in [3.05, 3.63) is 71.9 Å². The number of carbonyl (C=O) groups excluding carboxylic acids is 1. The van der Waals surface area contributed by atoms with Crippen LogP contribution in [0, 0.1) is 6.92 Å². The molecule has 0 spiro atoms.